The van der Waals surface area contributed by atoms with Crippen LogP contribution in [0.15, 0.2) is 41.3 Å². The van der Waals surface area contributed by atoms with Gasteiger partial charge in [0.05, 0.1) is 0 Å². The highest BCUT2D eigenvalue weighted by molar-refractivity contribution is 7.13. The smallest absolute Gasteiger partial charge is 0.230 e. The van der Waals surface area contributed by atoms with E-state index < -0.39 is 0 Å². The number of rotatable bonds is 2. The summed E-state index contributed by atoms with van der Waals surface area (Å²) in [5.41, 5.74) is 3.83. The fraction of sp³-hybridized carbons (Fsp3) is 0.267. The molecule has 2 aromatic rings. The molecule has 0 radical (unpaired) electrons. The molecule has 3 nitrogen and oxygen atoms in total. The first-order chi connectivity index (χ1) is 9.25. The number of thiazole rings is 1. The van der Waals surface area contributed by atoms with Crippen molar-refractivity contribution in [2.45, 2.75) is 19.8 Å². The number of nitrogens with zero attached hydrogens (tertiary/aromatic N) is 2. The van der Waals surface area contributed by atoms with Crippen molar-refractivity contribution in [3.8, 4) is 10.6 Å². The highest BCUT2D eigenvalue weighted by Gasteiger charge is 2.29. The van der Waals surface area contributed by atoms with Crippen molar-refractivity contribution in [3.63, 3.8) is 0 Å². The maximum Gasteiger partial charge on any atom is 0.281 e. The lowest BCUT2D eigenvalue weighted by atomic mass is 10.0. The molecule has 1 aliphatic heterocycles. The van der Waals surface area contributed by atoms with Crippen LogP contribution in [0.4, 0.5) is 0 Å². The minimum atomic E-state index is 0.574. The van der Waals surface area contributed by atoms with Gasteiger partial charge in [-0.1, -0.05) is 30.3 Å². The Morgan fingerprint density at radius 1 is 1.26 bits per heavy atom. The molecule has 0 amide bonds. The maximum atomic E-state index is 12.0. The van der Waals surface area contributed by atoms with Crippen molar-refractivity contribution in [2.75, 3.05) is 6.54 Å². The summed E-state index contributed by atoms with van der Waals surface area (Å²) < 4.78 is 1.09. The summed E-state index contributed by atoms with van der Waals surface area (Å²) in [5.74, 6) is 0. The zero-order valence-electron chi connectivity index (χ0n) is 10.8. The van der Waals surface area contributed by atoms with E-state index >= 15 is 0 Å². The molecule has 2 heterocycles. The first-order valence-electron chi connectivity index (χ1n) is 6.41. The Kier molecular flexibility index (Phi) is 3.25. The van der Waals surface area contributed by atoms with Gasteiger partial charge in [0, 0.05) is 32.6 Å². The van der Waals surface area contributed by atoms with E-state index in [9.17, 15) is 4.91 Å². The SMILES string of the molecule is CC1=C(c2csc(-c3ccccc3)n2)[N+](=O)CCC1. The Morgan fingerprint density at radius 3 is 2.79 bits per heavy atom. The second-order valence-corrected chi connectivity index (χ2v) is 5.60. The predicted octanol–water partition coefficient (Wildman–Crippen LogP) is 4.11. The molecule has 0 unspecified atom stereocenters. The van der Waals surface area contributed by atoms with E-state index in [2.05, 4.69) is 4.98 Å². The molecular formula is C15H15N2OS+. The largest absolute Gasteiger partial charge is 0.281 e. The van der Waals surface area contributed by atoms with Gasteiger partial charge < -0.3 is 0 Å². The van der Waals surface area contributed by atoms with E-state index in [1.807, 2.05) is 42.6 Å². The third-order valence-electron chi connectivity index (χ3n) is 3.33. The van der Waals surface area contributed by atoms with Crippen LogP contribution in [-0.2, 0) is 0 Å². The van der Waals surface area contributed by atoms with E-state index in [1.54, 1.807) is 11.3 Å². The second-order valence-electron chi connectivity index (χ2n) is 4.74. The lowest BCUT2D eigenvalue weighted by Crippen LogP contribution is -2.15. The van der Waals surface area contributed by atoms with Gasteiger partial charge in [0.25, 0.3) is 5.70 Å². The van der Waals surface area contributed by atoms with Gasteiger partial charge in [0.15, 0.2) is 12.2 Å². The van der Waals surface area contributed by atoms with Crippen molar-refractivity contribution >= 4 is 17.0 Å². The summed E-state index contributed by atoms with van der Waals surface area (Å²) >= 11 is 1.59. The average molecular weight is 271 g/mol. The predicted molar refractivity (Wildman–Crippen MR) is 77.9 cm³/mol. The first kappa shape index (κ1) is 12.2. The van der Waals surface area contributed by atoms with Crippen molar-refractivity contribution in [1.29, 1.82) is 0 Å². The van der Waals surface area contributed by atoms with Crippen LogP contribution in [0, 0.1) is 4.91 Å². The van der Waals surface area contributed by atoms with Crippen LogP contribution in [0.25, 0.3) is 16.3 Å². The van der Waals surface area contributed by atoms with Gasteiger partial charge in [-0.05, 0) is 13.3 Å². The van der Waals surface area contributed by atoms with Crippen LogP contribution >= 0.6 is 11.3 Å². The van der Waals surface area contributed by atoms with Gasteiger partial charge in [-0.2, -0.15) is 0 Å². The van der Waals surface area contributed by atoms with E-state index in [-0.39, 0.29) is 0 Å². The van der Waals surface area contributed by atoms with Gasteiger partial charge in [0.1, 0.15) is 5.01 Å². The Balaban J connectivity index is 2.00. The number of nitroso groups, excluding NO2 is 1. The van der Waals surface area contributed by atoms with Crippen molar-refractivity contribution in [2.24, 2.45) is 0 Å². The van der Waals surface area contributed by atoms with Crippen molar-refractivity contribution in [3.05, 3.63) is 51.9 Å². The molecule has 0 saturated carbocycles. The molecule has 1 aromatic heterocycles. The molecule has 0 aliphatic carbocycles. The Labute approximate surface area is 116 Å². The number of benzene rings is 1. The van der Waals surface area contributed by atoms with Crippen LogP contribution in [0.3, 0.4) is 0 Å². The molecular weight excluding hydrogens is 256 g/mol. The molecule has 19 heavy (non-hydrogen) atoms. The summed E-state index contributed by atoms with van der Waals surface area (Å²) in [5, 5.41) is 2.95. The molecule has 4 heteroatoms. The molecule has 0 bridgehead atoms. The van der Waals surface area contributed by atoms with Gasteiger partial charge in [-0.25, -0.2) is 4.98 Å². The molecule has 96 valence electrons. The minimum absolute atomic E-state index is 0.574. The number of hydrogen-bond donors (Lipinski definition) is 0. The Bertz CT molecular complexity index is 643. The minimum Gasteiger partial charge on any atom is -0.230 e. The highest BCUT2D eigenvalue weighted by Crippen LogP contribution is 2.31. The van der Waals surface area contributed by atoms with Gasteiger partial charge >= 0.3 is 0 Å². The molecule has 0 saturated heterocycles. The summed E-state index contributed by atoms with van der Waals surface area (Å²) in [6.07, 6.45) is 1.93. The van der Waals surface area contributed by atoms with Crippen LogP contribution in [-0.4, -0.2) is 16.3 Å². The summed E-state index contributed by atoms with van der Waals surface area (Å²) in [7, 11) is 0. The molecule has 1 aromatic carbocycles. The molecule has 0 spiro atoms. The quantitative estimate of drug-likeness (QED) is 0.770. The topological polar surface area (TPSA) is 33.0 Å². The lowest BCUT2D eigenvalue weighted by Gasteiger charge is -2.07. The van der Waals surface area contributed by atoms with Crippen molar-refractivity contribution in [1.82, 2.24) is 4.98 Å². The molecule has 1 aliphatic rings. The van der Waals surface area contributed by atoms with Gasteiger partial charge in [0.2, 0.25) is 0 Å². The van der Waals surface area contributed by atoms with Crippen LogP contribution in [0.5, 0.6) is 0 Å². The van der Waals surface area contributed by atoms with Crippen LogP contribution in [0.1, 0.15) is 25.5 Å². The summed E-state index contributed by atoms with van der Waals surface area (Å²) in [4.78, 5) is 16.6. The fourth-order valence-electron chi connectivity index (χ4n) is 2.37. The van der Waals surface area contributed by atoms with Crippen LogP contribution in [0.2, 0.25) is 0 Å². The van der Waals surface area contributed by atoms with Crippen molar-refractivity contribution < 1.29 is 4.76 Å². The summed E-state index contributed by atoms with van der Waals surface area (Å²) in [6.45, 7) is 2.60. The third-order valence-corrected chi connectivity index (χ3v) is 4.23. The monoisotopic (exact) mass is 271 g/mol. The molecule has 0 atom stereocenters. The number of hydrogen-bond acceptors (Lipinski definition) is 3. The zero-order chi connectivity index (χ0) is 13.2. The normalized spacial score (nSPS) is 15.9. The Hall–Kier alpha value is -1.81. The van der Waals surface area contributed by atoms with Crippen LogP contribution < -0.4 is 0 Å². The summed E-state index contributed by atoms with van der Waals surface area (Å²) in [6, 6.07) is 10.1. The molecule has 3 rings (SSSR count). The standard InChI is InChI=1S/C15H15N2OS/c1-11-6-5-9-17(18)14(11)13-10-19-15(16-13)12-7-3-2-4-8-12/h2-4,7-8,10H,5-6,9H2,1H3/q+1. The Morgan fingerprint density at radius 2 is 2.05 bits per heavy atom. The van der Waals surface area contributed by atoms with E-state index in [0.717, 1.165) is 45.1 Å². The van der Waals surface area contributed by atoms with E-state index in [4.69, 9.17) is 0 Å². The van der Waals surface area contributed by atoms with Gasteiger partial charge in [-0.3, -0.25) is 0 Å². The molecule has 0 fully saturated rings. The number of allylic oxidation sites excluding steroid dienone is 1. The molecule has 0 N–H and O–H groups in total. The average Bonchev–Trinajstić information content (AvgIpc) is 2.89. The van der Waals surface area contributed by atoms with E-state index in [0.29, 0.717) is 6.54 Å². The second kappa shape index (κ2) is 5.05. The van der Waals surface area contributed by atoms with Gasteiger partial charge in [-0.15, -0.1) is 11.3 Å². The van der Waals surface area contributed by atoms with E-state index in [1.165, 1.54) is 0 Å². The maximum absolute atomic E-state index is 12.0. The lowest BCUT2D eigenvalue weighted by molar-refractivity contribution is -0.459. The number of aromatic nitrogens is 1. The first-order valence-corrected chi connectivity index (χ1v) is 7.29. The highest BCUT2D eigenvalue weighted by atomic mass is 32.1. The zero-order valence-corrected chi connectivity index (χ0v) is 11.6. The fourth-order valence-corrected chi connectivity index (χ4v) is 3.18. The third kappa shape index (κ3) is 2.36.